The quantitative estimate of drug-likeness (QED) is 0.891. The molecule has 0 spiro atoms. The highest BCUT2D eigenvalue weighted by Crippen LogP contribution is 2.28. The average molecular weight is 277 g/mol. The molecule has 21 heavy (non-hydrogen) atoms. The predicted molar refractivity (Wildman–Crippen MR) is 86.5 cm³/mol. The Bertz CT molecular complexity index is 660. The van der Waals surface area contributed by atoms with Crippen LogP contribution < -0.4 is 10.1 Å². The van der Waals surface area contributed by atoms with Crippen LogP contribution in [-0.2, 0) is 6.42 Å². The van der Waals surface area contributed by atoms with Gasteiger partial charge in [-0.15, -0.1) is 0 Å². The van der Waals surface area contributed by atoms with Gasteiger partial charge in [0.25, 0.3) is 0 Å². The summed E-state index contributed by atoms with van der Waals surface area (Å²) >= 11 is 0. The first-order chi connectivity index (χ1) is 10.3. The van der Waals surface area contributed by atoms with E-state index in [4.69, 9.17) is 4.74 Å². The highest BCUT2D eigenvalue weighted by Gasteiger charge is 2.22. The van der Waals surface area contributed by atoms with Crippen LogP contribution in [0.25, 0.3) is 0 Å². The molecule has 1 heterocycles. The maximum atomic E-state index is 6.03. The number of dihydropyridines is 1. The molecule has 1 aliphatic heterocycles. The average Bonchev–Trinajstić information content (AvgIpc) is 2.51. The van der Waals surface area contributed by atoms with E-state index in [1.54, 1.807) is 0 Å². The molecule has 2 aromatic carbocycles. The SMILES string of the molecule is CC1(Cc2ccccc2Oc2ccccc2)C=CC=CN1. The Morgan fingerprint density at radius 2 is 1.71 bits per heavy atom. The topological polar surface area (TPSA) is 21.3 Å². The minimum Gasteiger partial charge on any atom is -0.457 e. The number of nitrogens with one attached hydrogen (secondary N) is 1. The number of hydrogen-bond donors (Lipinski definition) is 1. The molecule has 0 saturated carbocycles. The van der Waals surface area contributed by atoms with E-state index in [0.717, 1.165) is 17.9 Å². The molecule has 1 unspecified atom stereocenters. The molecule has 0 fully saturated rings. The number of hydrogen-bond acceptors (Lipinski definition) is 2. The van der Waals surface area contributed by atoms with Gasteiger partial charge in [0, 0.05) is 6.42 Å². The molecular formula is C19H19NO. The highest BCUT2D eigenvalue weighted by molar-refractivity contribution is 5.40. The second-order valence-corrected chi connectivity index (χ2v) is 5.48. The molecule has 1 N–H and O–H groups in total. The predicted octanol–water partition coefficient (Wildman–Crippen LogP) is 4.45. The van der Waals surface area contributed by atoms with Gasteiger partial charge in [0.05, 0.1) is 5.54 Å². The van der Waals surface area contributed by atoms with Crippen molar-refractivity contribution in [1.29, 1.82) is 0 Å². The monoisotopic (exact) mass is 277 g/mol. The Hall–Kier alpha value is -2.48. The van der Waals surface area contributed by atoms with Crippen LogP contribution in [0.4, 0.5) is 0 Å². The molecule has 0 bridgehead atoms. The van der Waals surface area contributed by atoms with Gasteiger partial charge in [-0.05, 0) is 43.0 Å². The third kappa shape index (κ3) is 3.34. The summed E-state index contributed by atoms with van der Waals surface area (Å²) < 4.78 is 6.03. The fourth-order valence-electron chi connectivity index (χ4n) is 2.48. The van der Waals surface area contributed by atoms with E-state index >= 15 is 0 Å². The Morgan fingerprint density at radius 1 is 0.952 bits per heavy atom. The van der Waals surface area contributed by atoms with Crippen molar-refractivity contribution in [3.8, 4) is 11.5 Å². The summed E-state index contributed by atoms with van der Waals surface area (Å²) in [6.07, 6.45) is 9.13. The Balaban J connectivity index is 1.83. The summed E-state index contributed by atoms with van der Waals surface area (Å²) in [4.78, 5) is 0. The van der Waals surface area contributed by atoms with Gasteiger partial charge in [0.2, 0.25) is 0 Å². The first kappa shape index (κ1) is 13.5. The van der Waals surface area contributed by atoms with Crippen LogP contribution in [0.2, 0.25) is 0 Å². The number of rotatable bonds is 4. The van der Waals surface area contributed by atoms with Gasteiger partial charge in [-0.25, -0.2) is 0 Å². The van der Waals surface area contributed by atoms with Gasteiger partial charge in [-0.1, -0.05) is 48.6 Å². The van der Waals surface area contributed by atoms with Crippen molar-refractivity contribution in [3.05, 3.63) is 84.6 Å². The zero-order valence-electron chi connectivity index (χ0n) is 12.1. The van der Waals surface area contributed by atoms with Gasteiger partial charge in [-0.2, -0.15) is 0 Å². The molecule has 0 radical (unpaired) electrons. The first-order valence-corrected chi connectivity index (χ1v) is 7.18. The molecule has 1 atom stereocenters. The minimum atomic E-state index is -0.0785. The summed E-state index contributed by atoms with van der Waals surface area (Å²) in [5.41, 5.74) is 1.11. The Morgan fingerprint density at radius 3 is 2.48 bits per heavy atom. The molecule has 1 aliphatic rings. The number of para-hydroxylation sites is 2. The van der Waals surface area contributed by atoms with Gasteiger partial charge < -0.3 is 10.1 Å². The molecule has 0 aromatic heterocycles. The van der Waals surface area contributed by atoms with Crippen molar-refractivity contribution in [3.63, 3.8) is 0 Å². The third-order valence-electron chi connectivity index (χ3n) is 3.59. The van der Waals surface area contributed by atoms with E-state index < -0.39 is 0 Å². The zero-order chi connectivity index (χ0) is 14.5. The van der Waals surface area contributed by atoms with Crippen LogP contribution in [0.3, 0.4) is 0 Å². The molecule has 3 rings (SSSR count). The molecule has 0 amide bonds. The zero-order valence-corrected chi connectivity index (χ0v) is 12.1. The molecule has 2 heteroatoms. The van der Waals surface area contributed by atoms with E-state index in [2.05, 4.69) is 36.5 Å². The van der Waals surface area contributed by atoms with E-state index in [1.807, 2.05) is 54.7 Å². The normalized spacial score (nSPS) is 20.0. The summed E-state index contributed by atoms with van der Waals surface area (Å²) in [7, 11) is 0. The van der Waals surface area contributed by atoms with E-state index in [0.29, 0.717) is 0 Å². The smallest absolute Gasteiger partial charge is 0.130 e. The van der Waals surface area contributed by atoms with Gasteiger partial charge in [-0.3, -0.25) is 0 Å². The lowest BCUT2D eigenvalue weighted by Gasteiger charge is -2.29. The lowest BCUT2D eigenvalue weighted by Crippen LogP contribution is -2.40. The van der Waals surface area contributed by atoms with Crippen LogP contribution in [0.15, 0.2) is 79.0 Å². The fourth-order valence-corrected chi connectivity index (χ4v) is 2.48. The summed E-state index contributed by atoms with van der Waals surface area (Å²) in [6.45, 7) is 2.19. The first-order valence-electron chi connectivity index (χ1n) is 7.18. The lowest BCUT2D eigenvalue weighted by molar-refractivity contribution is 0.451. The van der Waals surface area contributed by atoms with E-state index in [9.17, 15) is 0 Å². The van der Waals surface area contributed by atoms with E-state index in [-0.39, 0.29) is 5.54 Å². The molecular weight excluding hydrogens is 258 g/mol. The van der Waals surface area contributed by atoms with Crippen molar-refractivity contribution in [2.45, 2.75) is 18.9 Å². The summed E-state index contributed by atoms with van der Waals surface area (Å²) in [5.74, 6) is 1.77. The van der Waals surface area contributed by atoms with Gasteiger partial charge in [0.15, 0.2) is 0 Å². The summed E-state index contributed by atoms with van der Waals surface area (Å²) in [5, 5.41) is 3.41. The second-order valence-electron chi connectivity index (χ2n) is 5.48. The maximum absolute atomic E-state index is 6.03. The van der Waals surface area contributed by atoms with Gasteiger partial charge >= 0.3 is 0 Å². The molecule has 2 nitrogen and oxygen atoms in total. The maximum Gasteiger partial charge on any atom is 0.130 e. The molecule has 0 aliphatic carbocycles. The highest BCUT2D eigenvalue weighted by atomic mass is 16.5. The number of allylic oxidation sites excluding steroid dienone is 2. The molecule has 106 valence electrons. The van der Waals surface area contributed by atoms with Crippen LogP contribution in [0.1, 0.15) is 12.5 Å². The standard InChI is InChI=1S/C19H19NO/c1-19(13-7-8-14-20-19)15-16-9-5-6-12-18(16)21-17-10-3-2-4-11-17/h2-14,20H,15H2,1H3. The van der Waals surface area contributed by atoms with E-state index in [1.165, 1.54) is 5.56 Å². The second kappa shape index (κ2) is 5.88. The van der Waals surface area contributed by atoms with Crippen LogP contribution in [-0.4, -0.2) is 5.54 Å². The van der Waals surface area contributed by atoms with Crippen molar-refractivity contribution < 1.29 is 4.74 Å². The molecule has 0 saturated heterocycles. The van der Waals surface area contributed by atoms with Crippen molar-refractivity contribution in [2.75, 3.05) is 0 Å². The lowest BCUT2D eigenvalue weighted by atomic mass is 9.91. The van der Waals surface area contributed by atoms with Crippen molar-refractivity contribution in [1.82, 2.24) is 5.32 Å². The van der Waals surface area contributed by atoms with Crippen molar-refractivity contribution >= 4 is 0 Å². The number of ether oxygens (including phenoxy) is 1. The molecule has 2 aromatic rings. The van der Waals surface area contributed by atoms with Crippen LogP contribution in [0.5, 0.6) is 11.5 Å². The number of benzene rings is 2. The van der Waals surface area contributed by atoms with Gasteiger partial charge in [0.1, 0.15) is 11.5 Å². The minimum absolute atomic E-state index is 0.0785. The summed E-state index contributed by atoms with van der Waals surface area (Å²) in [6, 6.07) is 18.1. The third-order valence-corrected chi connectivity index (χ3v) is 3.59. The van der Waals surface area contributed by atoms with Crippen molar-refractivity contribution in [2.24, 2.45) is 0 Å². The largest absolute Gasteiger partial charge is 0.457 e. The van der Waals surface area contributed by atoms with Crippen LogP contribution >= 0.6 is 0 Å². The Labute approximate surface area is 125 Å². The fraction of sp³-hybridized carbons (Fsp3) is 0.158. The Kier molecular flexibility index (Phi) is 3.78. The van der Waals surface area contributed by atoms with Crippen LogP contribution in [0, 0.1) is 0 Å².